The van der Waals surface area contributed by atoms with E-state index in [1.54, 1.807) is 17.3 Å². The molecule has 2 aliphatic rings. The summed E-state index contributed by atoms with van der Waals surface area (Å²) in [6.45, 7) is 9.29. The first-order chi connectivity index (χ1) is 18.5. The number of carbonyl (C=O) groups is 1. The fraction of sp³-hybridized carbons (Fsp3) is 0.448. The van der Waals surface area contributed by atoms with E-state index in [4.69, 9.17) is 14.5 Å². The lowest BCUT2D eigenvalue weighted by Crippen LogP contribution is -2.57. The number of ether oxygens (including phenoxy) is 2. The zero-order valence-corrected chi connectivity index (χ0v) is 23.0. The van der Waals surface area contributed by atoms with Crippen molar-refractivity contribution in [3.05, 3.63) is 64.6 Å². The summed E-state index contributed by atoms with van der Waals surface area (Å²) < 4.78 is 38.7. The van der Waals surface area contributed by atoms with E-state index < -0.39 is 31.2 Å². The van der Waals surface area contributed by atoms with Crippen LogP contribution >= 0.6 is 0 Å². The van der Waals surface area contributed by atoms with Crippen LogP contribution in [0.25, 0.3) is 11.1 Å². The van der Waals surface area contributed by atoms with E-state index in [1.165, 1.54) is 12.0 Å². The van der Waals surface area contributed by atoms with Crippen LogP contribution in [0, 0.1) is 13.8 Å². The molecule has 206 valence electrons. The molecule has 0 bridgehead atoms. The fourth-order valence-electron chi connectivity index (χ4n) is 5.19. The van der Waals surface area contributed by atoms with Gasteiger partial charge in [-0.15, -0.1) is 0 Å². The Kier molecular flexibility index (Phi) is 6.90. The summed E-state index contributed by atoms with van der Waals surface area (Å²) in [7, 11) is 1.53. The van der Waals surface area contributed by atoms with Crippen molar-refractivity contribution >= 4 is 12.0 Å². The molecule has 1 aromatic carbocycles. The SMILES string of the molecule is COc1ncc(C(C)C)cc1-c1cnc(N2CC(F)(F)C2)nc1CN1C(=O)O[C@H](c2cc(C)cc(C)c2)[C@@H]1C. The van der Waals surface area contributed by atoms with Crippen LogP contribution in [0.1, 0.15) is 60.7 Å². The second-order valence-electron chi connectivity index (χ2n) is 10.8. The van der Waals surface area contributed by atoms with Crippen molar-refractivity contribution in [1.82, 2.24) is 19.9 Å². The molecule has 2 fully saturated rings. The number of alkyl halides is 2. The largest absolute Gasteiger partial charge is 0.481 e. The molecule has 8 nitrogen and oxygen atoms in total. The normalized spacial score (nSPS) is 20.3. The molecule has 2 saturated heterocycles. The Morgan fingerprint density at radius 3 is 2.38 bits per heavy atom. The number of methoxy groups -OCH3 is 1. The van der Waals surface area contributed by atoms with Gasteiger partial charge in [-0.2, -0.15) is 0 Å². The molecule has 0 aliphatic carbocycles. The number of carbonyl (C=O) groups excluding carboxylic acids is 1. The van der Waals surface area contributed by atoms with Crippen LogP contribution in [0.5, 0.6) is 5.88 Å². The highest BCUT2D eigenvalue weighted by molar-refractivity contribution is 5.74. The van der Waals surface area contributed by atoms with Crippen molar-refractivity contribution in [2.24, 2.45) is 0 Å². The second kappa shape index (κ2) is 10.1. The third-order valence-electron chi connectivity index (χ3n) is 7.29. The predicted octanol–water partition coefficient (Wildman–Crippen LogP) is 5.82. The van der Waals surface area contributed by atoms with Crippen molar-refractivity contribution in [2.45, 2.75) is 65.1 Å². The number of amides is 1. The average molecular weight is 538 g/mol. The van der Waals surface area contributed by atoms with Crippen LogP contribution in [0.2, 0.25) is 0 Å². The van der Waals surface area contributed by atoms with Crippen molar-refractivity contribution < 1.29 is 23.0 Å². The molecular weight excluding hydrogens is 504 g/mol. The highest BCUT2D eigenvalue weighted by Gasteiger charge is 2.45. The first kappa shape index (κ1) is 26.8. The van der Waals surface area contributed by atoms with Crippen molar-refractivity contribution in [3.63, 3.8) is 0 Å². The maximum absolute atomic E-state index is 13.6. The van der Waals surface area contributed by atoms with E-state index in [0.717, 1.165) is 22.3 Å². The zero-order chi connectivity index (χ0) is 28.1. The Labute approximate surface area is 227 Å². The number of hydrogen-bond donors (Lipinski definition) is 0. The lowest BCUT2D eigenvalue weighted by atomic mass is 9.98. The number of nitrogens with zero attached hydrogens (tertiary/aromatic N) is 5. The minimum atomic E-state index is -2.77. The minimum absolute atomic E-state index is 0.103. The van der Waals surface area contributed by atoms with Crippen LogP contribution in [-0.2, 0) is 11.3 Å². The summed E-state index contributed by atoms with van der Waals surface area (Å²) >= 11 is 0. The molecule has 2 atom stereocenters. The van der Waals surface area contributed by atoms with Gasteiger partial charge in [0, 0.05) is 23.5 Å². The van der Waals surface area contributed by atoms with E-state index >= 15 is 0 Å². The molecule has 10 heteroatoms. The number of anilines is 1. The Morgan fingerprint density at radius 1 is 1.08 bits per heavy atom. The monoisotopic (exact) mass is 537 g/mol. The number of halogens is 2. The van der Waals surface area contributed by atoms with Crippen molar-refractivity contribution in [2.75, 3.05) is 25.1 Å². The lowest BCUT2D eigenvalue weighted by molar-refractivity contribution is -0.0272. The van der Waals surface area contributed by atoms with Gasteiger partial charge < -0.3 is 14.4 Å². The van der Waals surface area contributed by atoms with Gasteiger partial charge in [-0.1, -0.05) is 43.2 Å². The topological polar surface area (TPSA) is 80.7 Å². The molecule has 39 heavy (non-hydrogen) atoms. The van der Waals surface area contributed by atoms with Gasteiger partial charge in [-0.3, -0.25) is 4.90 Å². The summed E-state index contributed by atoms with van der Waals surface area (Å²) in [6, 6.07) is 7.80. The van der Waals surface area contributed by atoms with Gasteiger partial charge in [-0.05, 0) is 43.9 Å². The van der Waals surface area contributed by atoms with Gasteiger partial charge in [0.15, 0.2) is 0 Å². The summed E-state index contributed by atoms with van der Waals surface area (Å²) in [5.74, 6) is -1.98. The third-order valence-corrected chi connectivity index (χ3v) is 7.29. The van der Waals surface area contributed by atoms with E-state index in [2.05, 4.69) is 29.9 Å². The van der Waals surface area contributed by atoms with Crippen LogP contribution in [-0.4, -0.2) is 58.1 Å². The molecule has 0 saturated carbocycles. The highest BCUT2D eigenvalue weighted by atomic mass is 19.3. The molecular formula is C29H33F2N5O3. The molecule has 2 aliphatic heterocycles. The van der Waals surface area contributed by atoms with E-state index in [0.29, 0.717) is 22.7 Å². The second-order valence-corrected chi connectivity index (χ2v) is 10.8. The summed E-state index contributed by atoms with van der Waals surface area (Å²) in [4.78, 5) is 29.8. The molecule has 5 rings (SSSR count). The van der Waals surface area contributed by atoms with Crippen LogP contribution in [0.4, 0.5) is 19.5 Å². The minimum Gasteiger partial charge on any atom is -0.481 e. The first-order valence-electron chi connectivity index (χ1n) is 13.0. The number of hydrogen-bond acceptors (Lipinski definition) is 7. The smallest absolute Gasteiger partial charge is 0.411 e. The Morgan fingerprint density at radius 2 is 1.77 bits per heavy atom. The number of aryl methyl sites for hydroxylation is 2. The van der Waals surface area contributed by atoms with Gasteiger partial charge in [0.25, 0.3) is 5.92 Å². The van der Waals surface area contributed by atoms with Crippen LogP contribution < -0.4 is 9.64 Å². The Balaban J connectivity index is 1.54. The molecule has 0 N–H and O–H groups in total. The van der Waals surface area contributed by atoms with Gasteiger partial charge in [-0.25, -0.2) is 28.5 Å². The Hall–Kier alpha value is -3.82. The van der Waals surface area contributed by atoms with E-state index in [1.807, 2.05) is 39.0 Å². The summed E-state index contributed by atoms with van der Waals surface area (Å²) in [6.07, 6.45) is 2.45. The highest BCUT2D eigenvalue weighted by Crippen LogP contribution is 2.38. The van der Waals surface area contributed by atoms with E-state index in [-0.39, 0.29) is 24.5 Å². The molecule has 0 unspecified atom stereocenters. The molecule has 0 spiro atoms. The molecule has 4 heterocycles. The van der Waals surface area contributed by atoms with Crippen molar-refractivity contribution in [1.29, 1.82) is 0 Å². The molecule has 0 radical (unpaired) electrons. The van der Waals surface area contributed by atoms with Gasteiger partial charge in [0.05, 0.1) is 38.5 Å². The maximum Gasteiger partial charge on any atom is 0.411 e. The Bertz CT molecular complexity index is 1390. The summed E-state index contributed by atoms with van der Waals surface area (Å²) in [5.41, 5.74) is 5.89. The third kappa shape index (κ3) is 5.24. The molecule has 1 amide bonds. The summed E-state index contributed by atoms with van der Waals surface area (Å²) in [5, 5.41) is 0. The van der Waals surface area contributed by atoms with Crippen LogP contribution in [0.15, 0.2) is 36.7 Å². The van der Waals surface area contributed by atoms with Gasteiger partial charge >= 0.3 is 6.09 Å². The maximum atomic E-state index is 13.6. The number of rotatable bonds is 7. The zero-order valence-electron chi connectivity index (χ0n) is 23.0. The number of aromatic nitrogens is 3. The molecule has 3 aromatic rings. The number of pyridine rings is 1. The predicted molar refractivity (Wildman–Crippen MR) is 143 cm³/mol. The van der Waals surface area contributed by atoms with E-state index in [9.17, 15) is 13.6 Å². The lowest BCUT2D eigenvalue weighted by Gasteiger charge is -2.38. The quantitative estimate of drug-likeness (QED) is 0.375. The fourth-order valence-corrected chi connectivity index (χ4v) is 5.19. The first-order valence-corrected chi connectivity index (χ1v) is 13.0. The standard InChI is InChI=1S/C29H33F2N5O3/c1-16(2)21-10-22(26(38-6)32-11-21)23-12-33-27(35-14-29(30,31)15-35)34-24(23)13-36-19(5)25(39-28(36)37)20-8-17(3)7-18(4)9-20/h7-12,16,19,25H,13-15H2,1-6H3/t19-,25-/m0/s1. The van der Waals surface area contributed by atoms with Gasteiger partial charge in [0.2, 0.25) is 11.8 Å². The number of cyclic esters (lactones) is 1. The average Bonchev–Trinajstić information content (AvgIpc) is 3.14. The van der Waals surface area contributed by atoms with Gasteiger partial charge in [0.1, 0.15) is 6.10 Å². The van der Waals surface area contributed by atoms with Crippen LogP contribution in [0.3, 0.4) is 0 Å². The molecule has 2 aromatic heterocycles. The van der Waals surface area contributed by atoms with Crippen molar-refractivity contribution in [3.8, 4) is 17.0 Å². The number of benzene rings is 1.